The summed E-state index contributed by atoms with van der Waals surface area (Å²) in [5, 5.41) is 2.48. The normalized spacial score (nSPS) is 11.2. The summed E-state index contributed by atoms with van der Waals surface area (Å²) in [5.41, 5.74) is 0.148. The highest BCUT2D eigenvalue weighted by Gasteiger charge is 2.23. The van der Waals surface area contributed by atoms with E-state index in [9.17, 15) is 26.4 Å². The van der Waals surface area contributed by atoms with Gasteiger partial charge in [0, 0.05) is 5.69 Å². The monoisotopic (exact) mass is 541 g/mol. The smallest absolute Gasteiger partial charge is 0.274 e. The molecule has 11 heteroatoms. The van der Waals surface area contributed by atoms with Crippen LogP contribution in [0.4, 0.5) is 24.5 Å². The quantitative estimate of drug-likeness (QED) is 0.306. The van der Waals surface area contributed by atoms with E-state index in [1.165, 1.54) is 25.3 Å². The first-order valence-electron chi connectivity index (χ1n) is 11.2. The lowest BCUT2D eigenvalue weighted by Crippen LogP contribution is -2.18. The van der Waals surface area contributed by atoms with Crippen LogP contribution < -0.4 is 14.8 Å². The minimum absolute atomic E-state index is 0.0268. The van der Waals surface area contributed by atoms with E-state index in [1.54, 1.807) is 32.0 Å². The van der Waals surface area contributed by atoms with Crippen molar-refractivity contribution >= 4 is 27.3 Å². The van der Waals surface area contributed by atoms with Gasteiger partial charge in [-0.3, -0.25) is 9.52 Å². The number of carbonyl (C=O) groups is 1. The van der Waals surface area contributed by atoms with Gasteiger partial charge in [0.1, 0.15) is 39.5 Å². The Hall–Kier alpha value is -4.38. The topological polar surface area (TPSA) is 97.4 Å². The molecule has 0 aliphatic carbocycles. The Kier molecular flexibility index (Phi) is 7.40. The van der Waals surface area contributed by atoms with Crippen molar-refractivity contribution in [1.82, 2.24) is 4.98 Å². The molecule has 0 unspecified atom stereocenters. The fourth-order valence-electron chi connectivity index (χ4n) is 3.79. The Morgan fingerprint density at radius 3 is 2.13 bits per heavy atom. The van der Waals surface area contributed by atoms with Crippen LogP contribution in [0.3, 0.4) is 0 Å². The molecule has 7 nitrogen and oxygen atoms in total. The summed E-state index contributed by atoms with van der Waals surface area (Å²) in [6, 6.07) is 14.2. The summed E-state index contributed by atoms with van der Waals surface area (Å²) in [6.07, 6.45) is 0. The molecule has 38 heavy (non-hydrogen) atoms. The van der Waals surface area contributed by atoms with Crippen LogP contribution in [0.5, 0.6) is 5.75 Å². The largest absolute Gasteiger partial charge is 0.495 e. The van der Waals surface area contributed by atoms with E-state index < -0.39 is 44.6 Å². The number of hydrogen-bond donors (Lipinski definition) is 2. The molecule has 0 aliphatic heterocycles. The SMILES string of the molecule is COc1ccc(NC(=O)c2ccc(F)c(-c3c(F)cccc3F)n2)cc1S(=O)(=O)Nc1c(C)cccc1C. The molecule has 3 aromatic carbocycles. The number of aromatic nitrogens is 1. The van der Waals surface area contributed by atoms with Crippen molar-refractivity contribution in [3.8, 4) is 17.0 Å². The van der Waals surface area contributed by atoms with Gasteiger partial charge >= 0.3 is 0 Å². The van der Waals surface area contributed by atoms with Gasteiger partial charge in [0.2, 0.25) is 0 Å². The number of hydrogen-bond acceptors (Lipinski definition) is 5. The average Bonchev–Trinajstić information content (AvgIpc) is 2.87. The molecular formula is C27H22F3N3O4S. The van der Waals surface area contributed by atoms with Crippen molar-refractivity contribution in [1.29, 1.82) is 0 Å². The summed E-state index contributed by atoms with van der Waals surface area (Å²) in [5.74, 6) is -3.95. The van der Waals surface area contributed by atoms with Crippen LogP contribution in [0.2, 0.25) is 0 Å². The van der Waals surface area contributed by atoms with Crippen molar-refractivity contribution in [2.24, 2.45) is 0 Å². The van der Waals surface area contributed by atoms with E-state index in [0.717, 1.165) is 30.3 Å². The zero-order chi connectivity index (χ0) is 27.6. The summed E-state index contributed by atoms with van der Waals surface area (Å²) < 4.78 is 77.1. The second-order valence-electron chi connectivity index (χ2n) is 8.32. The number of aryl methyl sites for hydroxylation is 2. The minimum Gasteiger partial charge on any atom is -0.495 e. The predicted octanol–water partition coefficient (Wildman–Crippen LogP) is 5.84. The Balaban J connectivity index is 1.67. The van der Waals surface area contributed by atoms with Crippen molar-refractivity contribution in [2.45, 2.75) is 18.7 Å². The Labute approximate surface area is 217 Å². The van der Waals surface area contributed by atoms with E-state index in [2.05, 4.69) is 15.0 Å². The lowest BCUT2D eigenvalue weighted by Gasteiger charge is -2.16. The number of ether oxygens (including phenoxy) is 1. The first kappa shape index (κ1) is 26.7. The molecule has 0 spiro atoms. The summed E-state index contributed by atoms with van der Waals surface area (Å²) in [6.45, 7) is 3.52. The van der Waals surface area contributed by atoms with Crippen LogP contribution in [0.25, 0.3) is 11.3 Å². The maximum absolute atomic E-state index is 14.4. The maximum atomic E-state index is 14.4. The number of halogens is 3. The highest BCUT2D eigenvalue weighted by Crippen LogP contribution is 2.31. The Morgan fingerprint density at radius 1 is 0.868 bits per heavy atom. The van der Waals surface area contributed by atoms with Crippen molar-refractivity contribution in [3.05, 3.63) is 101 Å². The molecule has 196 valence electrons. The number of nitrogens with zero attached hydrogens (tertiary/aromatic N) is 1. The molecular weight excluding hydrogens is 519 g/mol. The summed E-state index contributed by atoms with van der Waals surface area (Å²) in [7, 11) is -2.85. The fourth-order valence-corrected chi connectivity index (χ4v) is 5.19. The number of para-hydroxylation sites is 1. The molecule has 0 radical (unpaired) electrons. The third-order valence-corrected chi connectivity index (χ3v) is 7.08. The van der Waals surface area contributed by atoms with Crippen LogP contribution in [0.15, 0.2) is 71.6 Å². The number of nitrogens with one attached hydrogen (secondary N) is 2. The van der Waals surface area contributed by atoms with Gasteiger partial charge in [-0.25, -0.2) is 26.6 Å². The van der Waals surface area contributed by atoms with Gasteiger partial charge in [-0.15, -0.1) is 0 Å². The number of rotatable bonds is 7. The second-order valence-corrected chi connectivity index (χ2v) is 9.97. The highest BCUT2D eigenvalue weighted by atomic mass is 32.2. The molecule has 0 atom stereocenters. The third kappa shape index (κ3) is 5.32. The van der Waals surface area contributed by atoms with Gasteiger partial charge in [-0.1, -0.05) is 24.3 Å². The van der Waals surface area contributed by atoms with Gasteiger partial charge in [-0.05, 0) is 67.4 Å². The van der Waals surface area contributed by atoms with Crippen LogP contribution >= 0.6 is 0 Å². The molecule has 1 heterocycles. The zero-order valence-electron chi connectivity index (χ0n) is 20.5. The highest BCUT2D eigenvalue weighted by molar-refractivity contribution is 7.92. The van der Waals surface area contributed by atoms with Crippen LogP contribution in [-0.4, -0.2) is 26.4 Å². The third-order valence-electron chi connectivity index (χ3n) is 5.71. The van der Waals surface area contributed by atoms with E-state index >= 15 is 0 Å². The standard InChI is InChI=1S/C27H22F3N3O4S/c1-15-6-4-7-16(2)25(15)33-38(35,36)23-14-17(10-13-22(23)37-3)31-27(34)21-12-11-20(30)26(32-21)24-18(28)8-5-9-19(24)29/h4-14,33H,1-3H3,(H,31,34). The molecule has 0 fully saturated rings. The lowest BCUT2D eigenvalue weighted by molar-refractivity contribution is 0.102. The molecule has 0 saturated carbocycles. The van der Waals surface area contributed by atoms with E-state index in [4.69, 9.17) is 4.74 Å². The second kappa shape index (κ2) is 10.5. The maximum Gasteiger partial charge on any atom is 0.274 e. The van der Waals surface area contributed by atoms with E-state index in [-0.39, 0.29) is 22.0 Å². The Morgan fingerprint density at radius 2 is 1.50 bits per heavy atom. The molecule has 0 saturated heterocycles. The first-order chi connectivity index (χ1) is 18.0. The molecule has 0 aliphatic rings. The molecule has 1 aromatic heterocycles. The van der Waals surface area contributed by atoms with Crippen molar-refractivity contribution < 1.29 is 31.1 Å². The zero-order valence-corrected chi connectivity index (χ0v) is 21.3. The molecule has 4 rings (SSSR count). The van der Waals surface area contributed by atoms with E-state index in [0.29, 0.717) is 16.8 Å². The van der Waals surface area contributed by atoms with Crippen LogP contribution in [0.1, 0.15) is 21.6 Å². The molecule has 2 N–H and O–H groups in total. The van der Waals surface area contributed by atoms with Crippen LogP contribution in [-0.2, 0) is 10.0 Å². The lowest BCUT2D eigenvalue weighted by atomic mass is 10.1. The predicted molar refractivity (Wildman–Crippen MR) is 137 cm³/mol. The summed E-state index contributed by atoms with van der Waals surface area (Å²) in [4.78, 5) is 16.5. The number of methoxy groups -OCH3 is 1. The average molecular weight is 542 g/mol. The van der Waals surface area contributed by atoms with Gasteiger partial charge in [-0.2, -0.15) is 0 Å². The number of benzene rings is 3. The molecule has 0 bridgehead atoms. The first-order valence-corrected chi connectivity index (χ1v) is 12.7. The van der Waals surface area contributed by atoms with Crippen molar-refractivity contribution in [2.75, 3.05) is 17.1 Å². The molecule has 1 amide bonds. The molecule has 4 aromatic rings. The minimum atomic E-state index is -4.16. The fraction of sp³-hybridized carbons (Fsp3) is 0.111. The van der Waals surface area contributed by atoms with Gasteiger partial charge in [0.05, 0.1) is 18.4 Å². The number of carbonyl (C=O) groups excluding carboxylic acids is 1. The Bertz CT molecular complexity index is 1620. The van der Waals surface area contributed by atoms with Gasteiger partial charge in [0.15, 0.2) is 0 Å². The van der Waals surface area contributed by atoms with E-state index in [1.807, 2.05) is 0 Å². The number of amides is 1. The summed E-state index contributed by atoms with van der Waals surface area (Å²) >= 11 is 0. The van der Waals surface area contributed by atoms with Crippen molar-refractivity contribution in [3.63, 3.8) is 0 Å². The number of sulfonamides is 1. The number of pyridine rings is 1. The van der Waals surface area contributed by atoms with Crippen LogP contribution in [0, 0.1) is 31.3 Å². The van der Waals surface area contributed by atoms with Gasteiger partial charge in [0.25, 0.3) is 15.9 Å². The van der Waals surface area contributed by atoms with Gasteiger partial charge < -0.3 is 10.1 Å². The number of anilines is 2.